The first-order valence-corrected chi connectivity index (χ1v) is 14.4. The number of thiazole rings is 1. The van der Waals surface area contributed by atoms with Gasteiger partial charge in [0.1, 0.15) is 0 Å². The number of rotatable bonds is 2. The van der Waals surface area contributed by atoms with Crippen molar-refractivity contribution in [1.29, 1.82) is 0 Å². The molecule has 9 atom stereocenters. The second kappa shape index (κ2) is 11.3. The Morgan fingerprint density at radius 3 is 2.40 bits per heavy atom. The van der Waals surface area contributed by atoms with Crippen LogP contribution in [0, 0.1) is 36.0 Å². The van der Waals surface area contributed by atoms with E-state index in [0.29, 0.717) is 18.3 Å². The minimum absolute atomic E-state index is 0.0553. The highest BCUT2D eigenvalue weighted by Crippen LogP contribution is 2.47. The zero-order chi connectivity index (χ0) is 26.1. The average molecular weight is 508 g/mol. The fourth-order valence-corrected chi connectivity index (χ4v) is 6.61. The zero-order valence-electron chi connectivity index (χ0n) is 23.1. The summed E-state index contributed by atoms with van der Waals surface area (Å²) in [6, 6.07) is 0. The molecule has 0 spiro atoms. The fourth-order valence-electron chi connectivity index (χ4n) is 6.04. The van der Waals surface area contributed by atoms with Gasteiger partial charge < -0.3 is 20.1 Å². The van der Waals surface area contributed by atoms with Gasteiger partial charge in [-0.05, 0) is 76.2 Å². The molecule has 1 saturated carbocycles. The van der Waals surface area contributed by atoms with Crippen molar-refractivity contribution >= 4 is 17.4 Å². The lowest BCUT2D eigenvalue weighted by atomic mass is 9.68. The van der Waals surface area contributed by atoms with Gasteiger partial charge in [-0.1, -0.05) is 53.0 Å². The van der Waals surface area contributed by atoms with Crippen LogP contribution in [-0.2, 0) is 4.74 Å². The lowest BCUT2D eigenvalue weighted by molar-refractivity contribution is -0.0978. The van der Waals surface area contributed by atoms with E-state index in [1.807, 2.05) is 20.8 Å². The van der Waals surface area contributed by atoms with Crippen LogP contribution in [0.3, 0.4) is 0 Å². The third-order valence-corrected chi connectivity index (χ3v) is 10.2. The Bertz CT molecular complexity index is 867. The molecule has 5 nitrogen and oxygen atoms in total. The first kappa shape index (κ1) is 28.8. The van der Waals surface area contributed by atoms with Gasteiger partial charge in [0.25, 0.3) is 0 Å². The summed E-state index contributed by atoms with van der Waals surface area (Å²) in [6.45, 7) is 16.8. The van der Waals surface area contributed by atoms with Crippen molar-refractivity contribution in [2.24, 2.45) is 29.1 Å². The molecule has 3 rings (SSSR count). The largest absolute Gasteiger partial charge is 0.393 e. The topological polar surface area (TPSA) is 86.1 Å². The molecule has 1 aliphatic heterocycles. The van der Waals surface area contributed by atoms with Crippen molar-refractivity contribution in [2.75, 3.05) is 0 Å². The van der Waals surface area contributed by atoms with Crippen molar-refractivity contribution in [2.45, 2.75) is 124 Å². The van der Waals surface area contributed by atoms with E-state index in [4.69, 9.17) is 4.74 Å². The molecule has 3 N–H and O–H groups in total. The van der Waals surface area contributed by atoms with Gasteiger partial charge in [0, 0.05) is 10.8 Å². The predicted molar refractivity (Wildman–Crippen MR) is 144 cm³/mol. The van der Waals surface area contributed by atoms with Gasteiger partial charge >= 0.3 is 0 Å². The molecule has 1 aliphatic carbocycles. The highest BCUT2D eigenvalue weighted by Gasteiger charge is 2.52. The summed E-state index contributed by atoms with van der Waals surface area (Å²) >= 11 is 1.64. The summed E-state index contributed by atoms with van der Waals surface area (Å²) in [5.74, 6) is 1.01. The average Bonchev–Trinajstić information content (AvgIpc) is 3.22. The lowest BCUT2D eigenvalue weighted by Gasteiger charge is -2.42. The molecule has 0 radical (unpaired) electrons. The van der Waals surface area contributed by atoms with Crippen molar-refractivity contribution in [3.8, 4) is 0 Å². The monoisotopic (exact) mass is 507 g/mol. The SMILES string of the molecule is C/C(=C\c1csc(C)n1)C1C[C@H](O)CC(O)C(C)(C)[C@H](O)[C@H](C)[C@@H](C)[C@@H](C)CCC[C@@]2(C)O[C@H]2C1. The Labute approximate surface area is 217 Å². The number of fused-ring (bicyclic) bond motifs is 1. The molecule has 200 valence electrons. The first-order chi connectivity index (χ1) is 16.2. The lowest BCUT2D eigenvalue weighted by Crippen LogP contribution is -2.47. The van der Waals surface area contributed by atoms with Gasteiger partial charge in [-0.15, -0.1) is 11.3 Å². The molecule has 2 heterocycles. The van der Waals surface area contributed by atoms with Crippen molar-refractivity contribution in [3.05, 3.63) is 21.7 Å². The third-order valence-electron chi connectivity index (χ3n) is 9.42. The number of aliphatic hydroxyl groups is 3. The number of hydrogen-bond donors (Lipinski definition) is 3. The van der Waals surface area contributed by atoms with Crippen LogP contribution >= 0.6 is 11.3 Å². The molecular weight excluding hydrogens is 458 g/mol. The number of aryl methyl sites for hydroxylation is 1. The van der Waals surface area contributed by atoms with E-state index < -0.39 is 23.7 Å². The number of ether oxygens (including phenoxy) is 1. The quantitative estimate of drug-likeness (QED) is 0.428. The molecule has 0 bridgehead atoms. The van der Waals surface area contributed by atoms with Crippen LogP contribution in [0.5, 0.6) is 0 Å². The second-order valence-corrected chi connectivity index (χ2v) is 13.6. The molecule has 0 amide bonds. The molecule has 6 heteroatoms. The van der Waals surface area contributed by atoms with Crippen molar-refractivity contribution in [3.63, 3.8) is 0 Å². The Morgan fingerprint density at radius 1 is 1.09 bits per heavy atom. The maximum atomic E-state index is 11.3. The van der Waals surface area contributed by atoms with Crippen LogP contribution in [0.1, 0.15) is 97.7 Å². The molecule has 2 aliphatic rings. The van der Waals surface area contributed by atoms with Crippen LogP contribution in [0.2, 0.25) is 0 Å². The van der Waals surface area contributed by atoms with Gasteiger partial charge in [-0.25, -0.2) is 4.98 Å². The summed E-state index contributed by atoms with van der Waals surface area (Å²) in [5.41, 5.74) is 1.36. The Kier molecular flexibility index (Phi) is 9.29. The van der Waals surface area contributed by atoms with Crippen molar-refractivity contribution in [1.82, 2.24) is 4.98 Å². The van der Waals surface area contributed by atoms with E-state index in [0.717, 1.165) is 36.4 Å². The van der Waals surface area contributed by atoms with Crippen molar-refractivity contribution < 1.29 is 20.1 Å². The van der Waals surface area contributed by atoms with Gasteiger partial charge in [-0.3, -0.25) is 0 Å². The number of allylic oxidation sites excluding steroid dienone is 1. The maximum absolute atomic E-state index is 11.3. The summed E-state index contributed by atoms with van der Waals surface area (Å²) in [6.07, 6.45) is 5.17. The molecule has 35 heavy (non-hydrogen) atoms. The minimum Gasteiger partial charge on any atom is -0.393 e. The summed E-state index contributed by atoms with van der Waals surface area (Å²) in [5, 5.41) is 36.6. The molecular formula is C29H49NO4S. The van der Waals surface area contributed by atoms with E-state index in [-0.39, 0.29) is 30.0 Å². The minimum atomic E-state index is -0.793. The number of aromatic nitrogens is 1. The molecule has 1 aromatic heterocycles. The smallest absolute Gasteiger partial charge is 0.0920 e. The van der Waals surface area contributed by atoms with Gasteiger partial charge in [0.15, 0.2) is 0 Å². The molecule has 0 aromatic carbocycles. The van der Waals surface area contributed by atoms with Crippen LogP contribution in [0.15, 0.2) is 11.0 Å². The summed E-state index contributed by atoms with van der Waals surface area (Å²) in [4.78, 5) is 4.59. The van der Waals surface area contributed by atoms with Crippen LogP contribution < -0.4 is 0 Å². The second-order valence-electron chi connectivity index (χ2n) is 12.5. The summed E-state index contributed by atoms with van der Waals surface area (Å²) < 4.78 is 6.24. The first-order valence-electron chi connectivity index (χ1n) is 13.6. The number of aliphatic hydroxyl groups excluding tert-OH is 3. The molecule has 1 saturated heterocycles. The highest BCUT2D eigenvalue weighted by molar-refractivity contribution is 7.09. The summed E-state index contributed by atoms with van der Waals surface area (Å²) in [7, 11) is 0. The molecule has 2 unspecified atom stereocenters. The van der Waals surface area contributed by atoms with Crippen LogP contribution in [0.25, 0.3) is 6.08 Å². The highest BCUT2D eigenvalue weighted by atomic mass is 32.1. The standard InChI is InChI=1S/C29H49NO4S/c1-17-10-9-11-29(8)26(34-29)14-22(18(2)12-23-16-35-21(5)30-23)13-24(31)15-25(32)28(6,7)27(33)20(4)19(17)3/h12,16-17,19-20,22,24-27,31-33H,9-11,13-15H2,1-8H3/b18-12+/t17-,19-,20+,22?,24-,25?,26-,27+,29+/m0/s1. The Hall–Kier alpha value is -0.790. The van der Waals surface area contributed by atoms with E-state index >= 15 is 0 Å². The van der Waals surface area contributed by atoms with Crippen LogP contribution in [-0.4, -0.2) is 50.3 Å². The van der Waals surface area contributed by atoms with Gasteiger partial charge in [0.05, 0.1) is 40.7 Å². The number of hydrogen-bond acceptors (Lipinski definition) is 6. The van der Waals surface area contributed by atoms with Crippen LogP contribution in [0.4, 0.5) is 0 Å². The van der Waals surface area contributed by atoms with Gasteiger partial charge in [-0.2, -0.15) is 0 Å². The zero-order valence-corrected chi connectivity index (χ0v) is 23.9. The van der Waals surface area contributed by atoms with Gasteiger partial charge in [0.2, 0.25) is 0 Å². The van der Waals surface area contributed by atoms with E-state index in [2.05, 4.69) is 51.1 Å². The third kappa shape index (κ3) is 6.95. The molecule has 2 fully saturated rings. The fraction of sp³-hybridized carbons (Fsp3) is 0.828. The molecule has 1 aromatic rings. The normalized spacial score (nSPS) is 41.9. The van der Waals surface area contributed by atoms with E-state index in [9.17, 15) is 15.3 Å². The maximum Gasteiger partial charge on any atom is 0.0920 e. The predicted octanol–water partition coefficient (Wildman–Crippen LogP) is 6.00. The number of nitrogens with zero attached hydrogens (tertiary/aromatic N) is 1. The van der Waals surface area contributed by atoms with E-state index in [1.165, 1.54) is 5.57 Å². The number of epoxide rings is 1. The Balaban J connectivity index is 1.84. The van der Waals surface area contributed by atoms with E-state index in [1.54, 1.807) is 11.3 Å². The Morgan fingerprint density at radius 2 is 1.77 bits per heavy atom.